The minimum absolute atomic E-state index is 0.128. The van der Waals surface area contributed by atoms with Crippen LogP contribution >= 0.6 is 0 Å². The van der Waals surface area contributed by atoms with Gasteiger partial charge in [0.05, 0.1) is 24.8 Å². The minimum Gasteiger partial charge on any atom is -0.488 e. The Kier molecular flexibility index (Phi) is 2.67. The SMILES string of the molecule is CC(C)Oc1cnc(-c2ccco2)nc1. The van der Waals surface area contributed by atoms with Crippen LogP contribution in [-0.2, 0) is 0 Å². The quantitative estimate of drug-likeness (QED) is 0.770. The van der Waals surface area contributed by atoms with Crippen molar-refractivity contribution in [3.05, 3.63) is 30.8 Å². The second-order valence-electron chi connectivity index (χ2n) is 3.39. The highest BCUT2D eigenvalue weighted by molar-refractivity contribution is 5.45. The molecule has 0 amide bonds. The Morgan fingerprint density at radius 2 is 2.00 bits per heavy atom. The summed E-state index contributed by atoms with van der Waals surface area (Å²) in [6.07, 6.45) is 5.01. The number of aromatic nitrogens is 2. The van der Waals surface area contributed by atoms with Crippen LogP contribution in [0.4, 0.5) is 0 Å². The van der Waals surface area contributed by atoms with Gasteiger partial charge in [0.25, 0.3) is 0 Å². The lowest BCUT2D eigenvalue weighted by Crippen LogP contribution is -2.06. The van der Waals surface area contributed by atoms with Crippen LogP contribution in [-0.4, -0.2) is 16.1 Å². The van der Waals surface area contributed by atoms with Gasteiger partial charge in [0.1, 0.15) is 0 Å². The molecule has 4 heteroatoms. The van der Waals surface area contributed by atoms with Crippen LogP contribution in [0, 0.1) is 0 Å². The van der Waals surface area contributed by atoms with Crippen LogP contribution in [0.1, 0.15) is 13.8 Å². The maximum atomic E-state index is 5.43. The lowest BCUT2D eigenvalue weighted by Gasteiger charge is -2.08. The highest BCUT2D eigenvalue weighted by Gasteiger charge is 2.04. The molecule has 4 nitrogen and oxygen atoms in total. The van der Waals surface area contributed by atoms with Crippen molar-refractivity contribution >= 4 is 0 Å². The number of furan rings is 1. The van der Waals surface area contributed by atoms with Crippen molar-refractivity contribution in [3.8, 4) is 17.3 Å². The maximum absolute atomic E-state index is 5.43. The van der Waals surface area contributed by atoms with Gasteiger partial charge in [0.15, 0.2) is 17.3 Å². The average Bonchev–Trinajstić information content (AvgIpc) is 2.71. The molecule has 0 spiro atoms. The third kappa shape index (κ3) is 2.34. The van der Waals surface area contributed by atoms with Crippen LogP contribution in [0.5, 0.6) is 5.75 Å². The molecule has 0 aliphatic carbocycles. The Morgan fingerprint density at radius 3 is 2.53 bits per heavy atom. The standard InChI is InChI=1S/C11H12N2O2/c1-8(2)15-9-6-12-11(13-7-9)10-4-3-5-14-10/h3-8H,1-2H3. The van der Waals surface area contributed by atoms with Crippen molar-refractivity contribution < 1.29 is 9.15 Å². The van der Waals surface area contributed by atoms with Gasteiger partial charge in [-0.25, -0.2) is 9.97 Å². The predicted octanol–water partition coefficient (Wildman–Crippen LogP) is 2.52. The van der Waals surface area contributed by atoms with E-state index in [0.29, 0.717) is 17.3 Å². The molecule has 0 atom stereocenters. The van der Waals surface area contributed by atoms with Crippen LogP contribution < -0.4 is 4.74 Å². The first kappa shape index (κ1) is 9.71. The average molecular weight is 204 g/mol. The first-order chi connectivity index (χ1) is 7.25. The summed E-state index contributed by atoms with van der Waals surface area (Å²) in [7, 11) is 0. The van der Waals surface area contributed by atoms with Gasteiger partial charge in [0, 0.05) is 0 Å². The van der Waals surface area contributed by atoms with Crippen molar-refractivity contribution in [2.45, 2.75) is 20.0 Å². The van der Waals surface area contributed by atoms with Gasteiger partial charge in [-0.15, -0.1) is 0 Å². The molecule has 2 heterocycles. The molecule has 0 saturated carbocycles. The summed E-state index contributed by atoms with van der Waals surface area (Å²) in [5.74, 6) is 1.89. The molecule has 0 aliphatic heterocycles. The van der Waals surface area contributed by atoms with Crippen molar-refractivity contribution in [1.82, 2.24) is 9.97 Å². The van der Waals surface area contributed by atoms with E-state index in [4.69, 9.17) is 9.15 Å². The number of nitrogens with zero attached hydrogens (tertiary/aromatic N) is 2. The van der Waals surface area contributed by atoms with Crippen molar-refractivity contribution in [1.29, 1.82) is 0 Å². The fourth-order valence-corrected chi connectivity index (χ4v) is 1.18. The number of rotatable bonds is 3. The van der Waals surface area contributed by atoms with Gasteiger partial charge in [-0.3, -0.25) is 0 Å². The Morgan fingerprint density at radius 1 is 1.27 bits per heavy atom. The van der Waals surface area contributed by atoms with Crippen LogP contribution in [0.25, 0.3) is 11.6 Å². The van der Waals surface area contributed by atoms with E-state index in [0.717, 1.165) is 0 Å². The summed E-state index contributed by atoms with van der Waals surface area (Å²) < 4.78 is 10.6. The van der Waals surface area contributed by atoms with Gasteiger partial charge in [0.2, 0.25) is 0 Å². The Balaban J connectivity index is 2.17. The molecular formula is C11H12N2O2. The van der Waals surface area contributed by atoms with Gasteiger partial charge in [-0.1, -0.05) is 0 Å². The first-order valence-corrected chi connectivity index (χ1v) is 4.78. The molecule has 0 aromatic carbocycles. The van der Waals surface area contributed by atoms with Crippen molar-refractivity contribution in [2.75, 3.05) is 0 Å². The molecule has 0 N–H and O–H groups in total. The molecule has 0 unspecified atom stereocenters. The van der Waals surface area contributed by atoms with E-state index in [9.17, 15) is 0 Å². The summed E-state index contributed by atoms with van der Waals surface area (Å²) in [4.78, 5) is 8.29. The summed E-state index contributed by atoms with van der Waals surface area (Å²) in [5.41, 5.74) is 0. The molecule has 0 saturated heterocycles. The van der Waals surface area contributed by atoms with E-state index in [1.54, 1.807) is 24.7 Å². The van der Waals surface area contributed by atoms with Crippen molar-refractivity contribution in [2.24, 2.45) is 0 Å². The highest BCUT2D eigenvalue weighted by atomic mass is 16.5. The van der Waals surface area contributed by atoms with E-state index in [-0.39, 0.29) is 6.10 Å². The zero-order chi connectivity index (χ0) is 10.7. The topological polar surface area (TPSA) is 48.2 Å². The monoisotopic (exact) mass is 204 g/mol. The second kappa shape index (κ2) is 4.13. The molecule has 15 heavy (non-hydrogen) atoms. The smallest absolute Gasteiger partial charge is 0.195 e. The zero-order valence-electron chi connectivity index (χ0n) is 8.68. The number of hydrogen-bond acceptors (Lipinski definition) is 4. The lowest BCUT2D eigenvalue weighted by atomic mass is 10.4. The van der Waals surface area contributed by atoms with E-state index >= 15 is 0 Å². The summed E-state index contributed by atoms with van der Waals surface area (Å²) in [5, 5.41) is 0. The predicted molar refractivity (Wildman–Crippen MR) is 55.5 cm³/mol. The van der Waals surface area contributed by atoms with Crippen LogP contribution in [0.15, 0.2) is 35.2 Å². The molecule has 0 fully saturated rings. The number of ether oxygens (including phenoxy) is 1. The fraction of sp³-hybridized carbons (Fsp3) is 0.273. The second-order valence-corrected chi connectivity index (χ2v) is 3.39. The molecule has 78 valence electrons. The third-order valence-electron chi connectivity index (χ3n) is 1.74. The fourth-order valence-electron chi connectivity index (χ4n) is 1.18. The van der Waals surface area contributed by atoms with E-state index in [1.165, 1.54) is 0 Å². The van der Waals surface area contributed by atoms with E-state index < -0.39 is 0 Å². The summed E-state index contributed by atoms with van der Waals surface area (Å²) in [6.45, 7) is 3.92. The molecule has 2 aromatic rings. The van der Waals surface area contributed by atoms with Gasteiger partial charge < -0.3 is 9.15 Å². The Hall–Kier alpha value is -1.84. The first-order valence-electron chi connectivity index (χ1n) is 4.78. The van der Waals surface area contributed by atoms with E-state index in [1.807, 2.05) is 19.9 Å². The normalized spacial score (nSPS) is 10.6. The third-order valence-corrected chi connectivity index (χ3v) is 1.74. The van der Waals surface area contributed by atoms with Crippen molar-refractivity contribution in [3.63, 3.8) is 0 Å². The van der Waals surface area contributed by atoms with Gasteiger partial charge >= 0.3 is 0 Å². The summed E-state index contributed by atoms with van der Waals surface area (Å²) >= 11 is 0. The highest BCUT2D eigenvalue weighted by Crippen LogP contribution is 2.16. The molecule has 2 rings (SSSR count). The largest absolute Gasteiger partial charge is 0.488 e. The molecule has 2 aromatic heterocycles. The van der Waals surface area contributed by atoms with Crippen LogP contribution in [0.3, 0.4) is 0 Å². The lowest BCUT2D eigenvalue weighted by molar-refractivity contribution is 0.240. The molecular weight excluding hydrogens is 192 g/mol. The Bertz CT molecular complexity index is 407. The van der Waals surface area contributed by atoms with Gasteiger partial charge in [-0.2, -0.15) is 0 Å². The van der Waals surface area contributed by atoms with Gasteiger partial charge in [-0.05, 0) is 26.0 Å². The van der Waals surface area contributed by atoms with E-state index in [2.05, 4.69) is 9.97 Å². The molecule has 0 radical (unpaired) electrons. The maximum Gasteiger partial charge on any atom is 0.195 e. The molecule has 0 aliphatic rings. The minimum atomic E-state index is 0.128. The zero-order valence-corrected chi connectivity index (χ0v) is 8.68. The Labute approximate surface area is 87.9 Å². The molecule has 0 bridgehead atoms. The van der Waals surface area contributed by atoms with Crippen LogP contribution in [0.2, 0.25) is 0 Å². The summed E-state index contributed by atoms with van der Waals surface area (Å²) in [6, 6.07) is 3.62. The number of hydrogen-bond donors (Lipinski definition) is 0.